The Kier molecular flexibility index (Phi) is 1.90. The van der Waals surface area contributed by atoms with E-state index in [4.69, 9.17) is 0 Å². The van der Waals surface area contributed by atoms with Crippen molar-refractivity contribution in [2.75, 3.05) is 0 Å². The van der Waals surface area contributed by atoms with Gasteiger partial charge in [-0.3, -0.25) is 0 Å². The molecule has 0 aliphatic carbocycles. The summed E-state index contributed by atoms with van der Waals surface area (Å²) in [6.07, 6.45) is 0. The van der Waals surface area contributed by atoms with Crippen molar-refractivity contribution >= 4 is 50.5 Å². The summed E-state index contributed by atoms with van der Waals surface area (Å²) in [5, 5.41) is 0. The lowest BCUT2D eigenvalue weighted by atomic mass is 10.6. The molecule has 0 aromatic heterocycles. The molecule has 1 heterocycles. The third kappa shape index (κ3) is 1.16. The highest BCUT2D eigenvalue weighted by Crippen LogP contribution is 2.26. The minimum atomic E-state index is -0.607. The van der Waals surface area contributed by atoms with Crippen LogP contribution in [0.4, 0.5) is 0 Å². The zero-order chi connectivity index (χ0) is 7.02. The van der Waals surface area contributed by atoms with Crippen molar-refractivity contribution < 1.29 is 14.3 Å². The smallest absolute Gasteiger partial charge is 0.354 e. The van der Waals surface area contributed by atoms with Gasteiger partial charge in [0.25, 0.3) is 0 Å². The zero-order valence-corrected chi connectivity index (χ0v) is 7.72. The molecule has 1 aliphatic rings. The van der Waals surface area contributed by atoms with Gasteiger partial charge in [0, 0.05) is 0 Å². The van der Waals surface area contributed by atoms with Crippen LogP contribution < -0.4 is 0 Å². The quantitative estimate of drug-likeness (QED) is 0.382. The van der Waals surface area contributed by atoms with Gasteiger partial charge >= 0.3 is 11.9 Å². The Labute approximate surface area is 72.7 Å². The summed E-state index contributed by atoms with van der Waals surface area (Å²) < 4.78 is 4.70. The fourth-order valence-corrected chi connectivity index (χ4v) is 0.926. The van der Waals surface area contributed by atoms with E-state index in [-0.39, 0.29) is 4.48 Å². The predicted octanol–water partition coefficient (Wildman–Crippen LogP) is 1.11. The number of ether oxygens (including phenoxy) is 1. The fourth-order valence-electron chi connectivity index (χ4n) is 0.353. The molecule has 5 heteroatoms. The lowest BCUT2D eigenvalue weighted by molar-refractivity contribution is -0.150. The van der Waals surface area contributed by atoms with E-state index in [9.17, 15) is 9.59 Å². The second-order valence-electron chi connectivity index (χ2n) is 1.30. The Balaban J connectivity index is 3.06. The molecule has 0 saturated carbocycles. The van der Waals surface area contributed by atoms with Crippen LogP contribution in [0.1, 0.15) is 0 Å². The average molecular weight is 303 g/mol. The Morgan fingerprint density at radius 2 is 1.89 bits per heavy atom. The van der Waals surface area contributed by atoms with E-state index in [1.807, 2.05) is 0 Å². The molecule has 0 saturated heterocycles. The number of rotatable bonds is 0. The molecule has 9 heavy (non-hydrogen) atoms. The van der Waals surface area contributed by atoms with Gasteiger partial charge in [0.05, 0.1) is 0 Å². The van der Waals surface area contributed by atoms with E-state index in [1.54, 1.807) is 22.6 Å². The highest BCUT2D eigenvalue weighted by Gasteiger charge is 2.29. The van der Waals surface area contributed by atoms with E-state index in [0.29, 0.717) is 3.58 Å². The molecule has 0 unspecified atom stereocenters. The molecule has 0 aromatic carbocycles. The molecule has 0 aromatic rings. The number of cyclic esters (lactones) is 2. The fraction of sp³-hybridized carbons (Fsp3) is 0. The average Bonchev–Trinajstić information content (AvgIpc) is 1.98. The maximum Gasteiger partial charge on any atom is 0.354 e. The first-order valence-electron chi connectivity index (χ1n) is 1.94. The number of halogens is 2. The van der Waals surface area contributed by atoms with Crippen LogP contribution in [0.25, 0.3) is 0 Å². The predicted molar refractivity (Wildman–Crippen MR) is 41.1 cm³/mol. The van der Waals surface area contributed by atoms with Gasteiger partial charge in [-0.25, -0.2) is 9.59 Å². The number of carbonyl (C=O) groups is 2. The SMILES string of the molecule is O=C1OC(=O)C(I)=C1Br. The minimum Gasteiger partial charge on any atom is -0.385 e. The molecule has 0 atom stereocenters. The highest BCUT2D eigenvalue weighted by atomic mass is 127. The van der Waals surface area contributed by atoms with E-state index in [1.165, 1.54) is 0 Å². The molecule has 48 valence electrons. The third-order valence-corrected chi connectivity index (χ3v) is 3.18. The second kappa shape index (κ2) is 2.37. The summed E-state index contributed by atoms with van der Waals surface area (Å²) in [6, 6.07) is 0. The normalized spacial score (nSPS) is 18.9. The Hall–Kier alpha value is 0.0900. The Bertz CT molecular complexity index is 198. The maximum atomic E-state index is 10.5. The molecule has 1 aliphatic heterocycles. The second-order valence-corrected chi connectivity index (χ2v) is 3.18. The Morgan fingerprint density at radius 3 is 2.00 bits per heavy atom. The van der Waals surface area contributed by atoms with Crippen LogP contribution >= 0.6 is 38.5 Å². The van der Waals surface area contributed by atoms with Crippen LogP contribution in [0.2, 0.25) is 0 Å². The lowest BCUT2D eigenvalue weighted by Crippen LogP contribution is -1.99. The summed E-state index contributed by atoms with van der Waals surface area (Å²) in [6.45, 7) is 0. The molecular weight excluding hydrogens is 303 g/mol. The van der Waals surface area contributed by atoms with E-state index < -0.39 is 11.9 Å². The first kappa shape index (κ1) is 7.20. The minimum absolute atomic E-state index is 0.216. The van der Waals surface area contributed by atoms with Gasteiger partial charge in [-0.2, -0.15) is 0 Å². The summed E-state index contributed by atoms with van der Waals surface area (Å²) in [5.74, 6) is -1.18. The number of carbonyl (C=O) groups excluding carboxylic acids is 2. The van der Waals surface area contributed by atoms with Crippen molar-refractivity contribution in [2.45, 2.75) is 0 Å². The molecule has 0 bridgehead atoms. The van der Waals surface area contributed by atoms with Gasteiger partial charge in [-0.05, 0) is 38.5 Å². The summed E-state index contributed by atoms with van der Waals surface area (Å²) in [5.41, 5.74) is 0. The van der Waals surface area contributed by atoms with Gasteiger partial charge < -0.3 is 4.74 Å². The molecule has 0 radical (unpaired) electrons. The summed E-state index contributed by atoms with van der Waals surface area (Å²) in [7, 11) is 0. The van der Waals surface area contributed by atoms with Gasteiger partial charge in [0.2, 0.25) is 0 Å². The van der Waals surface area contributed by atoms with Crippen molar-refractivity contribution in [3.63, 3.8) is 0 Å². The molecule has 0 N–H and O–H groups in total. The zero-order valence-electron chi connectivity index (χ0n) is 3.98. The largest absolute Gasteiger partial charge is 0.385 e. The van der Waals surface area contributed by atoms with E-state index in [0.717, 1.165) is 0 Å². The van der Waals surface area contributed by atoms with Gasteiger partial charge in [0.15, 0.2) is 0 Å². The lowest BCUT2D eigenvalue weighted by Gasteiger charge is -1.83. The molecular formula is C4BrIO3. The Morgan fingerprint density at radius 1 is 1.33 bits per heavy atom. The molecule has 0 fully saturated rings. The van der Waals surface area contributed by atoms with E-state index >= 15 is 0 Å². The van der Waals surface area contributed by atoms with Crippen molar-refractivity contribution in [3.8, 4) is 0 Å². The molecule has 1 rings (SSSR count). The molecule has 3 nitrogen and oxygen atoms in total. The van der Waals surface area contributed by atoms with Crippen molar-refractivity contribution in [1.29, 1.82) is 0 Å². The highest BCUT2D eigenvalue weighted by molar-refractivity contribution is 14.1. The van der Waals surface area contributed by atoms with Crippen molar-refractivity contribution in [1.82, 2.24) is 0 Å². The third-order valence-electron chi connectivity index (χ3n) is 0.737. The number of hydrogen-bond donors (Lipinski definition) is 0. The van der Waals surface area contributed by atoms with Gasteiger partial charge in [-0.15, -0.1) is 0 Å². The first-order chi connectivity index (χ1) is 4.13. The van der Waals surface area contributed by atoms with Gasteiger partial charge in [0.1, 0.15) is 8.06 Å². The van der Waals surface area contributed by atoms with Crippen LogP contribution in [0.5, 0.6) is 0 Å². The molecule has 0 spiro atoms. The van der Waals surface area contributed by atoms with Crippen LogP contribution in [0.15, 0.2) is 8.06 Å². The van der Waals surface area contributed by atoms with Crippen LogP contribution in [0.3, 0.4) is 0 Å². The van der Waals surface area contributed by atoms with Gasteiger partial charge in [-0.1, -0.05) is 0 Å². The monoisotopic (exact) mass is 302 g/mol. The number of hydrogen-bond acceptors (Lipinski definition) is 3. The van der Waals surface area contributed by atoms with E-state index in [2.05, 4.69) is 20.7 Å². The standard InChI is InChI=1S/C4BrIO3/c5-1-2(6)4(8)9-3(1)7. The number of esters is 2. The summed E-state index contributed by atoms with van der Waals surface area (Å²) >= 11 is 4.62. The van der Waals surface area contributed by atoms with Crippen LogP contribution in [0, 0.1) is 0 Å². The summed E-state index contributed by atoms with van der Waals surface area (Å²) in [4.78, 5) is 20.9. The molecule has 0 amide bonds. The maximum absolute atomic E-state index is 10.5. The first-order valence-corrected chi connectivity index (χ1v) is 3.82. The van der Waals surface area contributed by atoms with Crippen molar-refractivity contribution in [3.05, 3.63) is 8.06 Å². The topological polar surface area (TPSA) is 43.4 Å². The van der Waals surface area contributed by atoms with Crippen LogP contribution in [-0.2, 0) is 14.3 Å². The van der Waals surface area contributed by atoms with Crippen LogP contribution in [-0.4, -0.2) is 11.9 Å². The van der Waals surface area contributed by atoms with Crippen molar-refractivity contribution in [2.24, 2.45) is 0 Å².